The van der Waals surface area contributed by atoms with Crippen molar-refractivity contribution in [3.63, 3.8) is 0 Å². The zero-order chi connectivity index (χ0) is 17.1. The molecule has 1 aliphatic rings. The third-order valence-corrected chi connectivity index (χ3v) is 5.37. The number of pyridine rings is 1. The van der Waals surface area contributed by atoms with Crippen molar-refractivity contribution in [3.05, 3.63) is 54.9 Å². The standard InChI is InChI=1S/C19H19N3O2S/c23-19(13-25-17-11-21-16-6-2-1-5-15(16)17)22-10-8-14(12-22)24-18-7-3-4-9-20-18/h1-7,9,11,14,21H,8,10,12-13H2. The minimum atomic E-state index is 0.0249. The Morgan fingerprint density at radius 1 is 1.28 bits per heavy atom. The van der Waals surface area contributed by atoms with Crippen LogP contribution >= 0.6 is 11.8 Å². The van der Waals surface area contributed by atoms with Gasteiger partial charge in [0.2, 0.25) is 11.8 Å². The Kier molecular flexibility index (Phi) is 4.61. The predicted molar refractivity (Wildman–Crippen MR) is 98.9 cm³/mol. The number of para-hydroxylation sites is 1. The summed E-state index contributed by atoms with van der Waals surface area (Å²) in [5.74, 6) is 1.22. The van der Waals surface area contributed by atoms with E-state index < -0.39 is 0 Å². The number of aromatic amines is 1. The highest BCUT2D eigenvalue weighted by molar-refractivity contribution is 8.00. The van der Waals surface area contributed by atoms with Crippen LogP contribution in [0.25, 0.3) is 10.9 Å². The quantitative estimate of drug-likeness (QED) is 0.715. The summed E-state index contributed by atoms with van der Waals surface area (Å²) in [5, 5.41) is 1.16. The van der Waals surface area contributed by atoms with Gasteiger partial charge in [-0.3, -0.25) is 4.79 Å². The fourth-order valence-corrected chi connectivity index (χ4v) is 3.97. The highest BCUT2D eigenvalue weighted by Crippen LogP contribution is 2.28. The first kappa shape index (κ1) is 16.0. The number of ether oxygens (including phenoxy) is 1. The van der Waals surface area contributed by atoms with E-state index in [4.69, 9.17) is 4.74 Å². The van der Waals surface area contributed by atoms with Crippen LogP contribution in [0.3, 0.4) is 0 Å². The SMILES string of the molecule is O=C(CSc1c[nH]c2ccccc12)N1CCC(Oc2ccccn2)C1. The van der Waals surface area contributed by atoms with Crippen LogP contribution in [-0.2, 0) is 4.79 Å². The Labute approximate surface area is 150 Å². The number of nitrogens with zero attached hydrogens (tertiary/aromatic N) is 2. The maximum absolute atomic E-state index is 12.5. The lowest BCUT2D eigenvalue weighted by Crippen LogP contribution is -2.32. The zero-order valence-electron chi connectivity index (χ0n) is 13.7. The van der Waals surface area contributed by atoms with Gasteiger partial charge in [-0.05, 0) is 12.1 Å². The molecule has 1 saturated heterocycles. The Bertz CT molecular complexity index is 865. The van der Waals surface area contributed by atoms with Crippen LogP contribution in [0.5, 0.6) is 5.88 Å². The molecule has 1 N–H and O–H groups in total. The van der Waals surface area contributed by atoms with Crippen LogP contribution in [0.1, 0.15) is 6.42 Å². The van der Waals surface area contributed by atoms with Gasteiger partial charge in [-0.1, -0.05) is 24.3 Å². The van der Waals surface area contributed by atoms with Crippen LogP contribution in [0.4, 0.5) is 0 Å². The summed E-state index contributed by atoms with van der Waals surface area (Å²) in [6, 6.07) is 13.7. The highest BCUT2D eigenvalue weighted by atomic mass is 32.2. The number of likely N-dealkylation sites (tertiary alicyclic amines) is 1. The van der Waals surface area contributed by atoms with Gasteiger partial charge in [0.05, 0.1) is 12.3 Å². The van der Waals surface area contributed by atoms with Crippen LogP contribution < -0.4 is 4.74 Å². The van der Waals surface area contributed by atoms with Crippen molar-refractivity contribution >= 4 is 28.6 Å². The number of H-pyrrole nitrogens is 1. The van der Waals surface area contributed by atoms with Crippen LogP contribution in [0.2, 0.25) is 0 Å². The molecule has 1 fully saturated rings. The minimum Gasteiger partial charge on any atom is -0.472 e. The van der Waals surface area contributed by atoms with Gasteiger partial charge in [-0.15, -0.1) is 11.8 Å². The number of aromatic nitrogens is 2. The molecule has 1 unspecified atom stereocenters. The number of benzene rings is 1. The van der Waals surface area contributed by atoms with Crippen molar-refractivity contribution < 1.29 is 9.53 Å². The molecule has 128 valence electrons. The first-order chi connectivity index (χ1) is 12.3. The highest BCUT2D eigenvalue weighted by Gasteiger charge is 2.27. The summed E-state index contributed by atoms with van der Waals surface area (Å²) in [6.45, 7) is 1.37. The minimum absolute atomic E-state index is 0.0249. The fraction of sp³-hybridized carbons (Fsp3) is 0.263. The molecule has 4 rings (SSSR count). The number of carbonyl (C=O) groups excluding carboxylic acids is 1. The van der Waals surface area contributed by atoms with Crippen molar-refractivity contribution in [3.8, 4) is 5.88 Å². The molecular weight excluding hydrogens is 334 g/mol. The largest absolute Gasteiger partial charge is 0.472 e. The van der Waals surface area contributed by atoms with E-state index in [-0.39, 0.29) is 12.0 Å². The average molecular weight is 353 g/mol. The molecule has 1 amide bonds. The molecule has 1 aliphatic heterocycles. The fourth-order valence-electron chi connectivity index (χ4n) is 3.03. The third-order valence-electron chi connectivity index (χ3n) is 4.33. The molecule has 0 bridgehead atoms. The van der Waals surface area contributed by atoms with Gasteiger partial charge in [-0.25, -0.2) is 4.98 Å². The average Bonchev–Trinajstić information content (AvgIpc) is 3.28. The zero-order valence-corrected chi connectivity index (χ0v) is 14.5. The summed E-state index contributed by atoms with van der Waals surface area (Å²) >= 11 is 1.58. The lowest BCUT2D eigenvalue weighted by molar-refractivity contribution is -0.127. The molecule has 1 aromatic carbocycles. The molecule has 3 aromatic rings. The molecule has 2 aromatic heterocycles. The van der Waals surface area contributed by atoms with Gasteiger partial charge in [0, 0.05) is 47.2 Å². The van der Waals surface area contributed by atoms with Crippen LogP contribution in [0, 0.1) is 0 Å². The lowest BCUT2D eigenvalue weighted by Gasteiger charge is -2.16. The van der Waals surface area contributed by atoms with E-state index in [1.54, 1.807) is 18.0 Å². The van der Waals surface area contributed by atoms with E-state index in [0.717, 1.165) is 28.8 Å². The topological polar surface area (TPSA) is 58.2 Å². The monoisotopic (exact) mass is 353 g/mol. The number of amides is 1. The second-order valence-corrected chi connectivity index (χ2v) is 7.04. The normalized spacial score (nSPS) is 17.1. The number of nitrogens with one attached hydrogen (secondary N) is 1. The van der Waals surface area contributed by atoms with Gasteiger partial charge < -0.3 is 14.6 Å². The molecule has 0 spiro atoms. The number of fused-ring (bicyclic) bond motifs is 1. The van der Waals surface area contributed by atoms with Gasteiger partial charge in [-0.2, -0.15) is 0 Å². The molecule has 3 heterocycles. The Morgan fingerprint density at radius 3 is 3.04 bits per heavy atom. The van der Waals surface area contributed by atoms with E-state index in [2.05, 4.69) is 16.0 Å². The number of hydrogen-bond acceptors (Lipinski definition) is 4. The van der Waals surface area contributed by atoms with Gasteiger partial charge in [0.25, 0.3) is 0 Å². The van der Waals surface area contributed by atoms with Crippen LogP contribution in [0.15, 0.2) is 59.8 Å². The second-order valence-electron chi connectivity index (χ2n) is 6.02. The van der Waals surface area contributed by atoms with Gasteiger partial charge in [0.1, 0.15) is 6.10 Å². The van der Waals surface area contributed by atoms with Gasteiger partial charge in [0.15, 0.2) is 0 Å². The summed E-state index contributed by atoms with van der Waals surface area (Å²) in [7, 11) is 0. The summed E-state index contributed by atoms with van der Waals surface area (Å²) in [5.41, 5.74) is 1.10. The maximum atomic E-state index is 12.5. The molecule has 5 nitrogen and oxygen atoms in total. The lowest BCUT2D eigenvalue weighted by atomic mass is 10.2. The second kappa shape index (κ2) is 7.19. The summed E-state index contributed by atoms with van der Waals surface area (Å²) in [6.07, 6.45) is 4.56. The number of hydrogen-bond donors (Lipinski definition) is 1. The van der Waals surface area contributed by atoms with Crippen molar-refractivity contribution in [1.82, 2.24) is 14.9 Å². The van der Waals surface area contributed by atoms with Crippen molar-refractivity contribution in [1.29, 1.82) is 0 Å². The van der Waals surface area contributed by atoms with Crippen molar-refractivity contribution in [2.24, 2.45) is 0 Å². The summed E-state index contributed by atoms with van der Waals surface area (Å²) < 4.78 is 5.85. The maximum Gasteiger partial charge on any atom is 0.233 e. The van der Waals surface area contributed by atoms with E-state index in [9.17, 15) is 4.79 Å². The number of carbonyl (C=O) groups is 1. The predicted octanol–water partition coefficient (Wildman–Crippen LogP) is 3.33. The molecule has 25 heavy (non-hydrogen) atoms. The van der Waals surface area contributed by atoms with Crippen molar-refractivity contribution in [2.75, 3.05) is 18.8 Å². The van der Waals surface area contributed by atoms with Crippen molar-refractivity contribution in [2.45, 2.75) is 17.4 Å². The molecule has 0 aliphatic carbocycles. The Hall–Kier alpha value is -2.47. The Morgan fingerprint density at radius 2 is 2.16 bits per heavy atom. The first-order valence-corrected chi connectivity index (χ1v) is 9.32. The summed E-state index contributed by atoms with van der Waals surface area (Å²) in [4.78, 5) is 22.9. The smallest absolute Gasteiger partial charge is 0.233 e. The molecule has 0 radical (unpaired) electrons. The van der Waals surface area contributed by atoms with E-state index in [1.807, 2.05) is 47.5 Å². The van der Waals surface area contributed by atoms with E-state index in [0.29, 0.717) is 18.2 Å². The number of rotatable bonds is 5. The van der Waals surface area contributed by atoms with E-state index >= 15 is 0 Å². The molecule has 1 atom stereocenters. The first-order valence-electron chi connectivity index (χ1n) is 8.34. The molecule has 6 heteroatoms. The molecular formula is C19H19N3O2S. The molecule has 0 saturated carbocycles. The van der Waals surface area contributed by atoms with Gasteiger partial charge >= 0.3 is 0 Å². The van der Waals surface area contributed by atoms with E-state index in [1.165, 1.54) is 0 Å². The van der Waals surface area contributed by atoms with Crippen LogP contribution in [-0.4, -0.2) is 45.7 Å². The third kappa shape index (κ3) is 3.64. The number of thioether (sulfide) groups is 1. The Balaban J connectivity index is 1.31.